The maximum atomic E-state index is 13.5. The maximum absolute atomic E-state index is 13.5. The van der Waals surface area contributed by atoms with Crippen LogP contribution in [0.4, 0.5) is 10.1 Å². The molecule has 112 valence electrons. The van der Waals surface area contributed by atoms with Gasteiger partial charge in [0, 0.05) is 38.5 Å². The summed E-state index contributed by atoms with van der Waals surface area (Å²) in [4.78, 5) is 2.40. The highest BCUT2D eigenvalue weighted by Gasteiger charge is 2.27. The van der Waals surface area contributed by atoms with E-state index in [9.17, 15) is 4.39 Å². The Labute approximate surface area is 121 Å². The number of benzene rings is 1. The summed E-state index contributed by atoms with van der Waals surface area (Å²) < 4.78 is 18.5. The van der Waals surface area contributed by atoms with Crippen LogP contribution in [-0.4, -0.2) is 32.8 Å². The van der Waals surface area contributed by atoms with Gasteiger partial charge in [-0.15, -0.1) is 0 Å². The first-order valence-electron chi connectivity index (χ1n) is 7.36. The van der Waals surface area contributed by atoms with Gasteiger partial charge in [-0.2, -0.15) is 0 Å². The zero-order valence-corrected chi connectivity index (χ0v) is 12.7. The van der Waals surface area contributed by atoms with Gasteiger partial charge in [-0.3, -0.25) is 0 Å². The number of anilines is 1. The zero-order valence-electron chi connectivity index (χ0n) is 12.7. The predicted octanol–water partition coefficient (Wildman–Crippen LogP) is 2.80. The fourth-order valence-electron chi connectivity index (χ4n) is 3.01. The molecule has 0 radical (unpaired) electrons. The van der Waals surface area contributed by atoms with E-state index in [1.807, 2.05) is 6.07 Å². The second-order valence-corrected chi connectivity index (χ2v) is 5.78. The van der Waals surface area contributed by atoms with Crippen molar-refractivity contribution < 1.29 is 9.13 Å². The lowest BCUT2D eigenvalue weighted by Crippen LogP contribution is -2.29. The monoisotopic (exact) mass is 280 g/mol. The zero-order chi connectivity index (χ0) is 14.5. The Morgan fingerprint density at radius 2 is 2.20 bits per heavy atom. The van der Waals surface area contributed by atoms with Crippen LogP contribution in [0.5, 0.6) is 0 Å². The average Bonchev–Trinajstić information content (AvgIpc) is 2.74. The largest absolute Gasteiger partial charge is 0.383 e. The molecular formula is C16H25FN2O. The number of nitrogens with zero attached hydrogens (tertiary/aromatic N) is 1. The number of hydrogen-bond acceptors (Lipinski definition) is 3. The lowest BCUT2D eigenvalue weighted by Gasteiger charge is -2.26. The van der Waals surface area contributed by atoms with Gasteiger partial charge in [-0.25, -0.2) is 4.39 Å². The second kappa shape index (κ2) is 7.04. The van der Waals surface area contributed by atoms with Gasteiger partial charge >= 0.3 is 0 Å². The third-order valence-electron chi connectivity index (χ3n) is 3.93. The lowest BCUT2D eigenvalue weighted by atomic mass is 10.1. The van der Waals surface area contributed by atoms with Crippen LogP contribution in [0.25, 0.3) is 0 Å². The van der Waals surface area contributed by atoms with Gasteiger partial charge in [0.2, 0.25) is 0 Å². The second-order valence-electron chi connectivity index (χ2n) is 5.78. The molecule has 20 heavy (non-hydrogen) atoms. The number of methoxy groups -OCH3 is 1. The summed E-state index contributed by atoms with van der Waals surface area (Å²) in [5.74, 6) is 0.529. The van der Waals surface area contributed by atoms with E-state index in [1.165, 1.54) is 6.42 Å². The SMILES string of the molecule is COCCNCc1cc(F)ccc1N1CC(C)CC1C. The van der Waals surface area contributed by atoms with Crippen LogP contribution in [0, 0.1) is 11.7 Å². The van der Waals surface area contributed by atoms with Gasteiger partial charge in [0.25, 0.3) is 0 Å². The van der Waals surface area contributed by atoms with E-state index in [-0.39, 0.29) is 5.82 Å². The topological polar surface area (TPSA) is 24.5 Å². The minimum atomic E-state index is -0.169. The lowest BCUT2D eigenvalue weighted by molar-refractivity contribution is 0.199. The highest BCUT2D eigenvalue weighted by Crippen LogP contribution is 2.31. The Hall–Kier alpha value is -1.13. The van der Waals surface area contributed by atoms with Gasteiger partial charge in [-0.1, -0.05) is 6.92 Å². The van der Waals surface area contributed by atoms with Crippen molar-refractivity contribution >= 4 is 5.69 Å². The molecular weight excluding hydrogens is 255 g/mol. The molecule has 1 aromatic rings. The van der Waals surface area contributed by atoms with Crippen molar-refractivity contribution in [2.24, 2.45) is 5.92 Å². The van der Waals surface area contributed by atoms with Crippen LogP contribution in [-0.2, 0) is 11.3 Å². The van der Waals surface area contributed by atoms with E-state index in [0.29, 0.717) is 25.1 Å². The smallest absolute Gasteiger partial charge is 0.123 e. The summed E-state index contributed by atoms with van der Waals surface area (Å²) in [6.45, 7) is 7.69. The number of rotatable bonds is 6. The summed E-state index contributed by atoms with van der Waals surface area (Å²) in [6.07, 6.45) is 1.20. The molecule has 0 spiro atoms. The number of hydrogen-bond donors (Lipinski definition) is 1. The van der Waals surface area contributed by atoms with E-state index in [4.69, 9.17) is 4.74 Å². The molecule has 0 saturated carbocycles. The standard InChI is InChI=1S/C16H25FN2O/c1-12-8-13(2)19(11-12)16-5-4-15(17)9-14(16)10-18-6-7-20-3/h4-5,9,12-13,18H,6-8,10-11H2,1-3H3. The number of nitrogens with one attached hydrogen (secondary N) is 1. The quantitative estimate of drug-likeness (QED) is 0.811. The van der Waals surface area contributed by atoms with Crippen LogP contribution >= 0.6 is 0 Å². The predicted molar refractivity (Wildman–Crippen MR) is 80.6 cm³/mol. The van der Waals surface area contributed by atoms with E-state index in [2.05, 4.69) is 24.1 Å². The van der Waals surface area contributed by atoms with Crippen molar-refractivity contribution in [2.75, 3.05) is 31.7 Å². The molecule has 0 bridgehead atoms. The molecule has 2 unspecified atom stereocenters. The van der Waals surface area contributed by atoms with Crippen molar-refractivity contribution in [1.82, 2.24) is 5.32 Å². The first-order valence-corrected chi connectivity index (χ1v) is 7.36. The van der Waals surface area contributed by atoms with E-state index in [1.54, 1.807) is 19.2 Å². The molecule has 3 nitrogen and oxygen atoms in total. The Kier molecular flexibility index (Phi) is 5.38. The molecule has 0 amide bonds. The minimum absolute atomic E-state index is 0.169. The van der Waals surface area contributed by atoms with Crippen molar-refractivity contribution in [3.8, 4) is 0 Å². The normalized spacial score (nSPS) is 22.5. The van der Waals surface area contributed by atoms with E-state index < -0.39 is 0 Å². The highest BCUT2D eigenvalue weighted by atomic mass is 19.1. The van der Waals surface area contributed by atoms with Crippen molar-refractivity contribution in [3.63, 3.8) is 0 Å². The summed E-state index contributed by atoms with van der Waals surface area (Å²) in [7, 11) is 1.68. The Morgan fingerprint density at radius 3 is 2.85 bits per heavy atom. The van der Waals surface area contributed by atoms with E-state index >= 15 is 0 Å². The van der Waals surface area contributed by atoms with Gasteiger partial charge < -0.3 is 15.0 Å². The number of ether oxygens (including phenoxy) is 1. The molecule has 2 rings (SSSR count). The van der Waals surface area contributed by atoms with Gasteiger partial charge in [-0.05, 0) is 43.0 Å². The first kappa shape index (κ1) is 15.3. The Morgan fingerprint density at radius 1 is 1.40 bits per heavy atom. The van der Waals surface area contributed by atoms with Gasteiger partial charge in [0.15, 0.2) is 0 Å². The van der Waals surface area contributed by atoms with Crippen molar-refractivity contribution in [1.29, 1.82) is 0 Å². The Balaban J connectivity index is 2.11. The van der Waals surface area contributed by atoms with Crippen molar-refractivity contribution in [3.05, 3.63) is 29.6 Å². The van der Waals surface area contributed by atoms with Crippen LogP contribution in [0.1, 0.15) is 25.8 Å². The van der Waals surface area contributed by atoms with Gasteiger partial charge in [0.05, 0.1) is 6.61 Å². The molecule has 0 aliphatic carbocycles. The maximum Gasteiger partial charge on any atom is 0.123 e. The molecule has 1 aromatic carbocycles. The molecule has 1 fully saturated rings. The first-order chi connectivity index (χ1) is 9.61. The fourth-order valence-corrected chi connectivity index (χ4v) is 3.01. The molecule has 0 aromatic heterocycles. The third-order valence-corrected chi connectivity index (χ3v) is 3.93. The number of halogens is 1. The van der Waals surface area contributed by atoms with Crippen LogP contribution in [0.3, 0.4) is 0 Å². The Bertz CT molecular complexity index is 438. The van der Waals surface area contributed by atoms with Crippen LogP contribution in [0.2, 0.25) is 0 Å². The average molecular weight is 280 g/mol. The molecule has 1 N–H and O–H groups in total. The third kappa shape index (κ3) is 3.70. The highest BCUT2D eigenvalue weighted by molar-refractivity contribution is 5.55. The summed E-state index contributed by atoms with van der Waals surface area (Å²) in [6, 6.07) is 5.64. The summed E-state index contributed by atoms with van der Waals surface area (Å²) in [5.41, 5.74) is 2.19. The molecule has 1 aliphatic rings. The molecule has 4 heteroatoms. The molecule has 1 heterocycles. The van der Waals surface area contributed by atoms with Crippen LogP contribution in [0.15, 0.2) is 18.2 Å². The minimum Gasteiger partial charge on any atom is -0.383 e. The summed E-state index contributed by atoms with van der Waals surface area (Å²) in [5, 5.41) is 3.30. The molecule has 2 atom stereocenters. The van der Waals surface area contributed by atoms with E-state index in [0.717, 1.165) is 24.3 Å². The van der Waals surface area contributed by atoms with Crippen LogP contribution < -0.4 is 10.2 Å². The van der Waals surface area contributed by atoms with Crippen molar-refractivity contribution in [2.45, 2.75) is 32.9 Å². The molecule has 1 saturated heterocycles. The summed E-state index contributed by atoms with van der Waals surface area (Å²) >= 11 is 0. The van der Waals surface area contributed by atoms with Gasteiger partial charge in [0.1, 0.15) is 5.82 Å². The molecule has 1 aliphatic heterocycles. The fraction of sp³-hybridized carbons (Fsp3) is 0.625.